The lowest BCUT2D eigenvalue weighted by Gasteiger charge is -2.37. The van der Waals surface area contributed by atoms with Crippen molar-refractivity contribution >= 4 is 28.7 Å². The maximum Gasteiger partial charge on any atom is 0.416 e. The maximum atomic E-state index is 12.8. The van der Waals surface area contributed by atoms with Crippen LogP contribution < -0.4 is 25.6 Å². The SMILES string of the molecule is COc1ccc(N2CCN(c3ncnc(Nc4ccc(C(F)(F)F)cc4)c3N)CC2)cc1. The summed E-state index contributed by atoms with van der Waals surface area (Å²) in [6.45, 7) is 3.01. The molecule has 10 heteroatoms. The molecular formula is C22H23F3N6O. The van der Waals surface area contributed by atoms with Crippen LogP contribution in [0.25, 0.3) is 0 Å². The van der Waals surface area contributed by atoms with Gasteiger partial charge in [-0.2, -0.15) is 13.2 Å². The molecule has 3 aromatic rings. The highest BCUT2D eigenvalue weighted by Gasteiger charge is 2.30. The Bertz CT molecular complexity index is 1050. The molecule has 1 aromatic heterocycles. The van der Waals surface area contributed by atoms with Crippen molar-refractivity contribution in [1.29, 1.82) is 0 Å². The van der Waals surface area contributed by atoms with E-state index in [1.54, 1.807) is 7.11 Å². The van der Waals surface area contributed by atoms with Gasteiger partial charge in [-0.15, -0.1) is 0 Å². The van der Waals surface area contributed by atoms with Crippen molar-refractivity contribution in [2.75, 3.05) is 54.1 Å². The third-order valence-corrected chi connectivity index (χ3v) is 5.35. The largest absolute Gasteiger partial charge is 0.497 e. The Hall–Kier alpha value is -3.69. The van der Waals surface area contributed by atoms with Crippen molar-refractivity contribution in [2.24, 2.45) is 0 Å². The van der Waals surface area contributed by atoms with Gasteiger partial charge in [0, 0.05) is 37.6 Å². The lowest BCUT2D eigenvalue weighted by Crippen LogP contribution is -2.47. The van der Waals surface area contributed by atoms with Crippen molar-refractivity contribution in [3.8, 4) is 5.75 Å². The van der Waals surface area contributed by atoms with Gasteiger partial charge in [0.05, 0.1) is 12.7 Å². The van der Waals surface area contributed by atoms with Gasteiger partial charge in [0.2, 0.25) is 0 Å². The van der Waals surface area contributed by atoms with Crippen LogP contribution in [0.2, 0.25) is 0 Å². The van der Waals surface area contributed by atoms with Gasteiger partial charge in [-0.05, 0) is 48.5 Å². The molecule has 0 atom stereocenters. The Kier molecular flexibility index (Phi) is 5.93. The summed E-state index contributed by atoms with van der Waals surface area (Å²) < 4.78 is 43.5. The van der Waals surface area contributed by atoms with E-state index in [0.29, 0.717) is 36.1 Å². The summed E-state index contributed by atoms with van der Waals surface area (Å²) in [5, 5.41) is 2.98. The first kappa shape index (κ1) is 21.5. The van der Waals surface area contributed by atoms with Crippen LogP contribution in [0.5, 0.6) is 5.75 Å². The number of aromatic nitrogens is 2. The number of anilines is 5. The van der Waals surface area contributed by atoms with Gasteiger partial charge in [0.15, 0.2) is 11.6 Å². The highest BCUT2D eigenvalue weighted by atomic mass is 19.4. The number of nitrogens with zero attached hydrogens (tertiary/aromatic N) is 4. The number of ether oxygens (including phenoxy) is 1. The zero-order valence-electron chi connectivity index (χ0n) is 17.4. The van der Waals surface area contributed by atoms with E-state index in [-0.39, 0.29) is 0 Å². The zero-order valence-corrected chi connectivity index (χ0v) is 17.4. The van der Waals surface area contributed by atoms with Crippen molar-refractivity contribution < 1.29 is 17.9 Å². The summed E-state index contributed by atoms with van der Waals surface area (Å²) in [5.74, 6) is 1.77. The fourth-order valence-corrected chi connectivity index (χ4v) is 3.59. The average Bonchev–Trinajstić information content (AvgIpc) is 2.80. The van der Waals surface area contributed by atoms with Crippen LogP contribution in [-0.2, 0) is 6.18 Å². The Labute approximate surface area is 183 Å². The molecule has 0 unspecified atom stereocenters. The first-order valence-electron chi connectivity index (χ1n) is 10.0. The highest BCUT2D eigenvalue weighted by molar-refractivity contribution is 5.78. The summed E-state index contributed by atoms with van der Waals surface area (Å²) in [5.41, 5.74) is 7.51. The molecule has 4 rings (SSSR count). The van der Waals surface area contributed by atoms with E-state index in [2.05, 4.69) is 25.1 Å². The number of alkyl halides is 3. The van der Waals surface area contributed by atoms with E-state index in [1.165, 1.54) is 18.5 Å². The van der Waals surface area contributed by atoms with E-state index in [1.807, 2.05) is 24.3 Å². The molecule has 2 aromatic carbocycles. The molecule has 7 nitrogen and oxygen atoms in total. The predicted octanol–water partition coefficient (Wildman–Crippen LogP) is 4.16. The molecule has 1 aliphatic rings. The Morgan fingerprint density at radius 1 is 0.906 bits per heavy atom. The second-order valence-electron chi connectivity index (χ2n) is 7.33. The van der Waals surface area contributed by atoms with Gasteiger partial charge in [-0.25, -0.2) is 9.97 Å². The lowest BCUT2D eigenvalue weighted by molar-refractivity contribution is -0.137. The zero-order chi connectivity index (χ0) is 22.7. The molecule has 168 valence electrons. The molecule has 0 aliphatic carbocycles. The number of methoxy groups -OCH3 is 1. The number of rotatable bonds is 5. The standard InChI is InChI=1S/C22H23F3N6O/c1-32-18-8-6-17(7-9-18)30-10-12-31(13-11-30)21-19(26)20(27-14-28-21)29-16-4-2-15(3-5-16)22(23,24)25/h2-9,14H,10-13,26H2,1H3,(H,27,28,29). The van der Waals surface area contributed by atoms with Gasteiger partial charge >= 0.3 is 6.18 Å². The van der Waals surface area contributed by atoms with Crippen molar-refractivity contribution in [2.45, 2.75) is 6.18 Å². The smallest absolute Gasteiger partial charge is 0.416 e. The molecule has 3 N–H and O–H groups in total. The summed E-state index contributed by atoms with van der Waals surface area (Å²) in [4.78, 5) is 12.8. The Balaban J connectivity index is 1.43. The number of nitrogen functional groups attached to an aromatic ring is 1. The van der Waals surface area contributed by atoms with Gasteiger partial charge in [0.25, 0.3) is 0 Å². The van der Waals surface area contributed by atoms with Gasteiger partial charge < -0.3 is 25.6 Å². The monoisotopic (exact) mass is 444 g/mol. The van der Waals surface area contributed by atoms with E-state index < -0.39 is 11.7 Å². The van der Waals surface area contributed by atoms with Crippen LogP contribution in [0, 0.1) is 0 Å². The summed E-state index contributed by atoms with van der Waals surface area (Å²) >= 11 is 0. The highest BCUT2D eigenvalue weighted by Crippen LogP contribution is 2.32. The van der Waals surface area contributed by atoms with Gasteiger partial charge in [0.1, 0.15) is 17.8 Å². The summed E-state index contributed by atoms with van der Waals surface area (Å²) in [6, 6.07) is 12.6. The molecule has 0 radical (unpaired) electrons. The fourth-order valence-electron chi connectivity index (χ4n) is 3.59. The number of nitrogens with two attached hydrogens (primary N) is 1. The van der Waals surface area contributed by atoms with Crippen molar-refractivity contribution in [3.05, 3.63) is 60.4 Å². The van der Waals surface area contributed by atoms with Gasteiger partial charge in [-0.1, -0.05) is 0 Å². The van der Waals surface area contributed by atoms with Crippen LogP contribution in [0.15, 0.2) is 54.9 Å². The number of nitrogens with one attached hydrogen (secondary N) is 1. The lowest BCUT2D eigenvalue weighted by atomic mass is 10.2. The van der Waals surface area contributed by atoms with Gasteiger partial charge in [-0.3, -0.25) is 0 Å². The molecule has 2 heterocycles. The summed E-state index contributed by atoms with van der Waals surface area (Å²) in [7, 11) is 1.64. The molecule has 0 amide bonds. The molecule has 1 aliphatic heterocycles. The van der Waals surface area contributed by atoms with E-state index >= 15 is 0 Å². The van der Waals surface area contributed by atoms with Crippen molar-refractivity contribution in [3.63, 3.8) is 0 Å². The molecular weight excluding hydrogens is 421 g/mol. The number of halogens is 3. The Morgan fingerprint density at radius 2 is 1.53 bits per heavy atom. The first-order valence-corrected chi connectivity index (χ1v) is 10.0. The first-order chi connectivity index (χ1) is 15.3. The minimum atomic E-state index is -4.38. The van der Waals surface area contributed by atoms with Crippen LogP contribution >= 0.6 is 0 Å². The average molecular weight is 444 g/mol. The molecule has 0 spiro atoms. The normalized spacial score (nSPS) is 14.4. The van der Waals surface area contributed by atoms with Crippen LogP contribution in [-0.4, -0.2) is 43.3 Å². The third kappa shape index (κ3) is 4.63. The topological polar surface area (TPSA) is 79.5 Å². The van der Waals surface area contributed by atoms with E-state index in [9.17, 15) is 13.2 Å². The van der Waals surface area contributed by atoms with E-state index in [4.69, 9.17) is 10.5 Å². The number of piperazine rings is 1. The Morgan fingerprint density at radius 3 is 2.12 bits per heavy atom. The van der Waals surface area contributed by atoms with Crippen LogP contribution in [0.3, 0.4) is 0 Å². The number of hydrogen-bond acceptors (Lipinski definition) is 7. The molecule has 0 saturated carbocycles. The minimum absolute atomic E-state index is 0.352. The number of benzene rings is 2. The second-order valence-corrected chi connectivity index (χ2v) is 7.33. The second kappa shape index (κ2) is 8.81. The fraction of sp³-hybridized carbons (Fsp3) is 0.273. The van der Waals surface area contributed by atoms with Crippen LogP contribution in [0.1, 0.15) is 5.56 Å². The number of hydrogen-bond donors (Lipinski definition) is 2. The third-order valence-electron chi connectivity index (χ3n) is 5.35. The molecule has 32 heavy (non-hydrogen) atoms. The van der Waals surface area contributed by atoms with E-state index in [0.717, 1.165) is 36.7 Å². The predicted molar refractivity (Wildman–Crippen MR) is 119 cm³/mol. The van der Waals surface area contributed by atoms with Crippen molar-refractivity contribution in [1.82, 2.24) is 9.97 Å². The minimum Gasteiger partial charge on any atom is -0.497 e. The van der Waals surface area contributed by atoms with Crippen LogP contribution in [0.4, 0.5) is 41.9 Å². The summed E-state index contributed by atoms with van der Waals surface area (Å²) in [6.07, 6.45) is -2.98. The quantitative estimate of drug-likeness (QED) is 0.612. The molecule has 1 fully saturated rings. The molecule has 0 bridgehead atoms. The molecule has 1 saturated heterocycles. The maximum absolute atomic E-state index is 12.8.